The number of benzene rings is 1. The van der Waals surface area contributed by atoms with Gasteiger partial charge in [0.15, 0.2) is 15.7 Å². The van der Waals surface area contributed by atoms with Crippen molar-refractivity contribution in [2.75, 3.05) is 5.32 Å². The Bertz CT molecular complexity index is 1150. The van der Waals surface area contributed by atoms with Crippen LogP contribution >= 0.6 is 0 Å². The lowest BCUT2D eigenvalue weighted by Gasteiger charge is -2.11. The first-order valence-electron chi connectivity index (χ1n) is 9.59. The van der Waals surface area contributed by atoms with Gasteiger partial charge < -0.3 is 10.3 Å². The molecule has 0 radical (unpaired) electrons. The fraction of sp³-hybridized carbons (Fsp3) is 0.400. The Labute approximate surface area is 163 Å². The van der Waals surface area contributed by atoms with Gasteiger partial charge in [-0.3, -0.25) is 9.48 Å². The van der Waals surface area contributed by atoms with E-state index in [1.54, 1.807) is 44.3 Å². The van der Waals surface area contributed by atoms with E-state index in [2.05, 4.69) is 10.3 Å². The van der Waals surface area contributed by atoms with Gasteiger partial charge in [0, 0.05) is 11.9 Å². The minimum Gasteiger partial charge on any atom is -0.338 e. The molecule has 3 aromatic rings. The van der Waals surface area contributed by atoms with Crippen LogP contribution in [0.5, 0.6) is 0 Å². The SMILES string of the molecule is CC(C)S(=O)(=O)c1ccc(Nc2nn(C3CCCC3)c3cc[nH]c(=O)c23)cc1. The Hall–Kier alpha value is -2.61. The predicted octanol–water partition coefficient (Wildman–Crippen LogP) is 3.77. The maximum absolute atomic E-state index is 12.5. The summed E-state index contributed by atoms with van der Waals surface area (Å²) in [6.07, 6.45) is 6.11. The highest BCUT2D eigenvalue weighted by Gasteiger charge is 2.23. The molecule has 1 aliphatic rings. The molecular weight excluding hydrogens is 376 g/mol. The number of sulfone groups is 1. The van der Waals surface area contributed by atoms with E-state index in [1.165, 1.54) is 12.8 Å². The van der Waals surface area contributed by atoms with Crippen molar-refractivity contribution in [3.05, 3.63) is 46.9 Å². The van der Waals surface area contributed by atoms with Gasteiger partial charge in [0.05, 0.1) is 21.7 Å². The molecule has 0 atom stereocenters. The average molecular weight is 401 g/mol. The van der Waals surface area contributed by atoms with E-state index in [1.807, 2.05) is 10.7 Å². The van der Waals surface area contributed by atoms with Crippen molar-refractivity contribution in [2.45, 2.75) is 55.7 Å². The number of H-pyrrole nitrogens is 1. The van der Waals surface area contributed by atoms with Crippen LogP contribution in [0.15, 0.2) is 46.2 Å². The van der Waals surface area contributed by atoms with Gasteiger partial charge >= 0.3 is 0 Å². The van der Waals surface area contributed by atoms with Crippen LogP contribution in [0, 0.1) is 0 Å². The van der Waals surface area contributed by atoms with Crippen LogP contribution in [-0.2, 0) is 9.84 Å². The zero-order chi connectivity index (χ0) is 19.9. The van der Waals surface area contributed by atoms with E-state index in [9.17, 15) is 13.2 Å². The molecule has 7 nitrogen and oxygen atoms in total. The molecule has 0 aliphatic heterocycles. The number of hydrogen-bond acceptors (Lipinski definition) is 5. The molecule has 0 saturated heterocycles. The number of rotatable bonds is 5. The number of fused-ring (bicyclic) bond motifs is 1. The van der Waals surface area contributed by atoms with E-state index in [-0.39, 0.29) is 10.5 Å². The molecule has 2 aromatic heterocycles. The maximum Gasteiger partial charge on any atom is 0.261 e. The fourth-order valence-electron chi connectivity index (χ4n) is 3.75. The third-order valence-electron chi connectivity index (χ3n) is 5.37. The predicted molar refractivity (Wildman–Crippen MR) is 110 cm³/mol. The molecule has 1 fully saturated rings. The van der Waals surface area contributed by atoms with Crippen molar-refractivity contribution in [1.82, 2.24) is 14.8 Å². The zero-order valence-corrected chi connectivity index (χ0v) is 16.8. The smallest absolute Gasteiger partial charge is 0.261 e. The Balaban J connectivity index is 1.71. The summed E-state index contributed by atoms with van der Waals surface area (Å²) in [7, 11) is -3.32. The molecule has 8 heteroatoms. The van der Waals surface area contributed by atoms with Gasteiger partial charge in [-0.05, 0) is 57.0 Å². The molecule has 0 unspecified atom stereocenters. The van der Waals surface area contributed by atoms with Crippen molar-refractivity contribution >= 4 is 32.2 Å². The van der Waals surface area contributed by atoms with E-state index < -0.39 is 15.1 Å². The van der Waals surface area contributed by atoms with Gasteiger partial charge in [-0.25, -0.2) is 8.42 Å². The Morgan fingerprint density at radius 1 is 1.14 bits per heavy atom. The summed E-state index contributed by atoms with van der Waals surface area (Å²) in [6, 6.07) is 8.75. The first-order chi connectivity index (χ1) is 13.4. The largest absolute Gasteiger partial charge is 0.338 e. The third kappa shape index (κ3) is 3.22. The lowest BCUT2D eigenvalue weighted by atomic mass is 10.2. The van der Waals surface area contributed by atoms with Gasteiger partial charge in [0.2, 0.25) is 0 Å². The standard InChI is InChI=1S/C20H24N4O3S/c1-13(2)28(26,27)16-9-7-14(8-10-16)22-19-18-17(11-12-21-20(18)25)24(23-19)15-5-3-4-6-15/h7-13,15H,3-6H2,1-2H3,(H,21,25)(H,22,23). The first-order valence-corrected chi connectivity index (χ1v) is 11.1. The van der Waals surface area contributed by atoms with Crippen molar-refractivity contribution in [3.8, 4) is 0 Å². The molecule has 28 heavy (non-hydrogen) atoms. The molecule has 148 valence electrons. The number of aromatic amines is 1. The molecule has 0 bridgehead atoms. The number of hydrogen-bond donors (Lipinski definition) is 2. The molecule has 2 heterocycles. The normalized spacial score (nSPS) is 15.5. The monoisotopic (exact) mass is 400 g/mol. The van der Waals surface area contributed by atoms with Crippen LogP contribution in [0.1, 0.15) is 45.6 Å². The van der Waals surface area contributed by atoms with Crippen molar-refractivity contribution < 1.29 is 8.42 Å². The summed E-state index contributed by atoms with van der Waals surface area (Å²) in [5.74, 6) is 0.489. The molecule has 1 aromatic carbocycles. The van der Waals surface area contributed by atoms with Crippen LogP contribution in [-0.4, -0.2) is 28.4 Å². The Kier molecular flexibility index (Phi) is 4.74. The number of pyridine rings is 1. The third-order valence-corrected chi connectivity index (χ3v) is 7.54. The summed E-state index contributed by atoms with van der Waals surface area (Å²) < 4.78 is 26.5. The number of nitrogens with one attached hydrogen (secondary N) is 2. The van der Waals surface area contributed by atoms with E-state index in [0.29, 0.717) is 22.9 Å². The molecule has 1 saturated carbocycles. The average Bonchev–Trinajstić information content (AvgIpc) is 3.31. The van der Waals surface area contributed by atoms with E-state index in [0.717, 1.165) is 18.4 Å². The molecule has 1 aliphatic carbocycles. The zero-order valence-electron chi connectivity index (χ0n) is 16.0. The summed E-state index contributed by atoms with van der Waals surface area (Å²) in [4.78, 5) is 15.5. The first kappa shape index (κ1) is 18.7. The number of aromatic nitrogens is 3. The molecule has 4 rings (SSSR count). The highest BCUT2D eigenvalue weighted by atomic mass is 32.2. The second-order valence-corrected chi connectivity index (χ2v) is 10.0. The topological polar surface area (TPSA) is 96.8 Å². The van der Waals surface area contributed by atoms with Crippen LogP contribution in [0.2, 0.25) is 0 Å². The molecular formula is C20H24N4O3S. The summed E-state index contributed by atoms with van der Waals surface area (Å²) in [5.41, 5.74) is 1.31. The van der Waals surface area contributed by atoms with Crippen LogP contribution in [0.3, 0.4) is 0 Å². The Morgan fingerprint density at radius 2 is 1.82 bits per heavy atom. The molecule has 0 amide bonds. The van der Waals surface area contributed by atoms with Gasteiger partial charge in [-0.1, -0.05) is 12.8 Å². The van der Waals surface area contributed by atoms with Crippen LogP contribution in [0.25, 0.3) is 10.9 Å². The second-order valence-electron chi connectivity index (χ2n) is 7.54. The van der Waals surface area contributed by atoms with E-state index >= 15 is 0 Å². The van der Waals surface area contributed by atoms with Gasteiger partial charge in [0.1, 0.15) is 5.39 Å². The molecule has 2 N–H and O–H groups in total. The minimum atomic E-state index is -3.32. The summed E-state index contributed by atoms with van der Waals surface area (Å²) in [6.45, 7) is 3.32. The lowest BCUT2D eigenvalue weighted by Crippen LogP contribution is -2.13. The number of nitrogens with zero attached hydrogens (tertiary/aromatic N) is 2. The highest BCUT2D eigenvalue weighted by molar-refractivity contribution is 7.92. The van der Waals surface area contributed by atoms with Gasteiger partial charge in [-0.15, -0.1) is 0 Å². The summed E-state index contributed by atoms with van der Waals surface area (Å²) >= 11 is 0. The van der Waals surface area contributed by atoms with Crippen molar-refractivity contribution in [2.24, 2.45) is 0 Å². The van der Waals surface area contributed by atoms with Crippen LogP contribution < -0.4 is 10.9 Å². The molecule has 0 spiro atoms. The maximum atomic E-state index is 12.5. The second kappa shape index (κ2) is 7.09. The Morgan fingerprint density at radius 3 is 2.46 bits per heavy atom. The van der Waals surface area contributed by atoms with Gasteiger partial charge in [-0.2, -0.15) is 5.10 Å². The quantitative estimate of drug-likeness (QED) is 0.680. The van der Waals surface area contributed by atoms with Crippen molar-refractivity contribution in [3.63, 3.8) is 0 Å². The van der Waals surface area contributed by atoms with Crippen LogP contribution in [0.4, 0.5) is 11.5 Å². The lowest BCUT2D eigenvalue weighted by molar-refractivity contribution is 0.483. The minimum absolute atomic E-state index is 0.191. The number of anilines is 2. The van der Waals surface area contributed by atoms with Crippen molar-refractivity contribution in [1.29, 1.82) is 0 Å². The van der Waals surface area contributed by atoms with E-state index in [4.69, 9.17) is 5.10 Å². The van der Waals surface area contributed by atoms with Gasteiger partial charge in [0.25, 0.3) is 5.56 Å². The highest BCUT2D eigenvalue weighted by Crippen LogP contribution is 2.33. The fourth-order valence-corrected chi connectivity index (χ4v) is 4.81. The summed E-state index contributed by atoms with van der Waals surface area (Å²) in [5, 5.41) is 7.93.